The number of thioether (sulfide) groups is 1. The standard InChI is InChI=1S/C26H21N5O2S/c1-2-32-21-16-10-9-15-20(21)25-27-22(33-31-25)17-34-26-28-23(18-11-5-3-6-12-18)24(29-30-26)19-13-7-4-8-14-19/h3-16H,2,17H2,1H3. The molecule has 0 saturated carbocycles. The lowest BCUT2D eigenvalue weighted by Crippen LogP contribution is -1.99. The van der Waals surface area contributed by atoms with Crippen molar-refractivity contribution in [2.75, 3.05) is 6.61 Å². The van der Waals surface area contributed by atoms with Crippen LogP contribution >= 0.6 is 11.8 Å². The molecule has 0 aliphatic heterocycles. The molecule has 0 unspecified atom stereocenters. The van der Waals surface area contributed by atoms with E-state index in [0.29, 0.717) is 29.2 Å². The first kappa shape index (κ1) is 21.8. The minimum absolute atomic E-state index is 0.421. The largest absolute Gasteiger partial charge is 0.493 e. The maximum absolute atomic E-state index is 5.68. The van der Waals surface area contributed by atoms with E-state index in [1.807, 2.05) is 91.9 Å². The van der Waals surface area contributed by atoms with Crippen LogP contribution in [-0.4, -0.2) is 31.9 Å². The van der Waals surface area contributed by atoms with Gasteiger partial charge in [0.25, 0.3) is 0 Å². The van der Waals surface area contributed by atoms with E-state index in [2.05, 4.69) is 20.3 Å². The van der Waals surface area contributed by atoms with Gasteiger partial charge in [-0.15, -0.1) is 10.2 Å². The topological polar surface area (TPSA) is 86.8 Å². The maximum atomic E-state index is 5.68. The number of hydrogen-bond donors (Lipinski definition) is 0. The molecule has 7 nitrogen and oxygen atoms in total. The summed E-state index contributed by atoms with van der Waals surface area (Å²) in [6.07, 6.45) is 0. The van der Waals surface area contributed by atoms with Crippen molar-refractivity contribution in [3.8, 4) is 39.7 Å². The van der Waals surface area contributed by atoms with Gasteiger partial charge in [0.05, 0.1) is 17.9 Å². The molecule has 34 heavy (non-hydrogen) atoms. The van der Waals surface area contributed by atoms with Crippen molar-refractivity contribution in [1.29, 1.82) is 0 Å². The lowest BCUT2D eigenvalue weighted by molar-refractivity contribution is 0.341. The Hall–Kier alpha value is -4.04. The summed E-state index contributed by atoms with van der Waals surface area (Å²) in [5.41, 5.74) is 4.25. The second-order valence-electron chi connectivity index (χ2n) is 7.25. The average molecular weight is 468 g/mol. The van der Waals surface area contributed by atoms with Crippen LogP contribution in [-0.2, 0) is 5.75 Å². The summed E-state index contributed by atoms with van der Waals surface area (Å²) in [5, 5.41) is 13.5. The van der Waals surface area contributed by atoms with E-state index in [4.69, 9.17) is 14.2 Å². The van der Waals surface area contributed by atoms with Crippen molar-refractivity contribution in [3.63, 3.8) is 0 Å². The van der Waals surface area contributed by atoms with Gasteiger partial charge in [0.1, 0.15) is 17.1 Å². The molecular formula is C26H21N5O2S. The molecule has 0 spiro atoms. The Bertz CT molecular complexity index is 1380. The Morgan fingerprint density at radius 2 is 1.44 bits per heavy atom. The minimum Gasteiger partial charge on any atom is -0.493 e. The molecule has 0 N–H and O–H groups in total. The molecule has 2 heterocycles. The van der Waals surface area contributed by atoms with E-state index in [1.54, 1.807) is 0 Å². The molecule has 0 amide bonds. The van der Waals surface area contributed by atoms with E-state index >= 15 is 0 Å². The summed E-state index contributed by atoms with van der Waals surface area (Å²) < 4.78 is 11.1. The normalized spacial score (nSPS) is 10.9. The number of para-hydroxylation sites is 1. The number of benzene rings is 3. The van der Waals surface area contributed by atoms with Gasteiger partial charge in [-0.25, -0.2) is 4.98 Å². The summed E-state index contributed by atoms with van der Waals surface area (Å²) in [6.45, 7) is 2.50. The van der Waals surface area contributed by atoms with Gasteiger partial charge in [0, 0.05) is 11.1 Å². The third-order valence-electron chi connectivity index (χ3n) is 4.98. The van der Waals surface area contributed by atoms with Crippen molar-refractivity contribution < 1.29 is 9.26 Å². The predicted molar refractivity (Wildman–Crippen MR) is 131 cm³/mol. The summed E-state index contributed by atoms with van der Waals surface area (Å²) in [7, 11) is 0. The molecule has 0 fully saturated rings. The van der Waals surface area contributed by atoms with Crippen LogP contribution in [0.4, 0.5) is 0 Å². The Morgan fingerprint density at radius 1 is 0.765 bits per heavy atom. The van der Waals surface area contributed by atoms with Gasteiger partial charge in [-0.1, -0.05) is 89.7 Å². The summed E-state index contributed by atoms with van der Waals surface area (Å²) in [6, 6.07) is 27.6. The molecule has 0 radical (unpaired) electrons. The first-order valence-corrected chi connectivity index (χ1v) is 11.8. The Morgan fingerprint density at radius 3 is 2.18 bits per heavy atom. The highest BCUT2D eigenvalue weighted by Gasteiger charge is 2.16. The molecule has 5 aromatic rings. The van der Waals surface area contributed by atoms with Crippen LogP contribution in [0.5, 0.6) is 5.75 Å². The van der Waals surface area contributed by atoms with Crippen LogP contribution in [0.15, 0.2) is 94.6 Å². The van der Waals surface area contributed by atoms with E-state index in [9.17, 15) is 0 Å². The fraction of sp³-hybridized carbons (Fsp3) is 0.115. The molecule has 3 aromatic carbocycles. The van der Waals surface area contributed by atoms with Gasteiger partial charge in [0.15, 0.2) is 0 Å². The smallest absolute Gasteiger partial charge is 0.237 e. The van der Waals surface area contributed by atoms with Crippen LogP contribution in [0.25, 0.3) is 33.9 Å². The van der Waals surface area contributed by atoms with Gasteiger partial charge >= 0.3 is 0 Å². The second-order valence-corrected chi connectivity index (χ2v) is 8.20. The zero-order valence-corrected chi connectivity index (χ0v) is 19.3. The highest BCUT2D eigenvalue weighted by molar-refractivity contribution is 7.98. The zero-order valence-electron chi connectivity index (χ0n) is 18.5. The van der Waals surface area contributed by atoms with Gasteiger partial charge in [0.2, 0.25) is 16.9 Å². The molecule has 0 atom stereocenters. The second kappa shape index (κ2) is 10.3. The van der Waals surface area contributed by atoms with Crippen LogP contribution in [0.1, 0.15) is 12.8 Å². The van der Waals surface area contributed by atoms with Crippen molar-refractivity contribution in [2.45, 2.75) is 17.8 Å². The van der Waals surface area contributed by atoms with Crippen LogP contribution in [0, 0.1) is 0 Å². The van der Waals surface area contributed by atoms with Crippen LogP contribution < -0.4 is 4.74 Å². The van der Waals surface area contributed by atoms with Crippen molar-refractivity contribution in [3.05, 3.63) is 90.8 Å². The molecule has 8 heteroatoms. The molecule has 0 aliphatic carbocycles. The summed E-state index contributed by atoms with van der Waals surface area (Å²) in [4.78, 5) is 9.35. The number of nitrogens with zero attached hydrogens (tertiary/aromatic N) is 5. The molecule has 5 rings (SSSR count). The first-order chi connectivity index (χ1) is 16.8. The molecule has 0 saturated heterocycles. The molecule has 2 aromatic heterocycles. The van der Waals surface area contributed by atoms with Crippen molar-refractivity contribution in [2.24, 2.45) is 0 Å². The molecule has 0 bridgehead atoms. The average Bonchev–Trinajstić information content (AvgIpc) is 3.38. The van der Waals surface area contributed by atoms with Gasteiger partial charge < -0.3 is 9.26 Å². The fourth-order valence-electron chi connectivity index (χ4n) is 3.44. The van der Waals surface area contributed by atoms with Crippen molar-refractivity contribution >= 4 is 11.8 Å². The summed E-state index contributed by atoms with van der Waals surface area (Å²) in [5.74, 6) is 2.11. The summed E-state index contributed by atoms with van der Waals surface area (Å²) >= 11 is 1.40. The minimum atomic E-state index is 0.421. The highest BCUT2D eigenvalue weighted by Crippen LogP contribution is 2.31. The fourth-order valence-corrected chi connectivity index (χ4v) is 4.07. The maximum Gasteiger partial charge on any atom is 0.237 e. The zero-order chi connectivity index (χ0) is 23.2. The Labute approximate surface area is 201 Å². The molecule has 168 valence electrons. The lowest BCUT2D eigenvalue weighted by atomic mass is 10.0. The quantitative estimate of drug-likeness (QED) is 0.259. The monoisotopic (exact) mass is 467 g/mol. The number of hydrogen-bond acceptors (Lipinski definition) is 8. The Kier molecular flexibility index (Phi) is 6.58. The van der Waals surface area contributed by atoms with Gasteiger partial charge in [-0.2, -0.15) is 4.98 Å². The number of rotatable bonds is 8. The Balaban J connectivity index is 1.39. The van der Waals surface area contributed by atoms with E-state index < -0.39 is 0 Å². The van der Waals surface area contributed by atoms with E-state index in [0.717, 1.165) is 33.8 Å². The van der Waals surface area contributed by atoms with E-state index in [-0.39, 0.29) is 0 Å². The molecular weight excluding hydrogens is 446 g/mol. The van der Waals surface area contributed by atoms with Gasteiger partial charge in [-0.3, -0.25) is 0 Å². The lowest BCUT2D eigenvalue weighted by Gasteiger charge is -2.09. The van der Waals surface area contributed by atoms with E-state index in [1.165, 1.54) is 11.8 Å². The van der Waals surface area contributed by atoms with Crippen molar-refractivity contribution in [1.82, 2.24) is 25.3 Å². The number of ether oxygens (including phenoxy) is 1. The highest BCUT2D eigenvalue weighted by atomic mass is 32.2. The van der Waals surface area contributed by atoms with Gasteiger partial charge in [-0.05, 0) is 19.1 Å². The first-order valence-electron chi connectivity index (χ1n) is 10.8. The SMILES string of the molecule is CCOc1ccccc1-c1noc(CSc2nnc(-c3ccccc3)c(-c3ccccc3)n2)n1. The van der Waals surface area contributed by atoms with Crippen LogP contribution in [0.3, 0.4) is 0 Å². The number of aromatic nitrogens is 5. The van der Waals surface area contributed by atoms with Crippen LogP contribution in [0.2, 0.25) is 0 Å². The third kappa shape index (κ3) is 4.82. The third-order valence-corrected chi connectivity index (χ3v) is 5.80. The predicted octanol–water partition coefficient (Wildman–Crippen LogP) is 5.95. The molecule has 0 aliphatic rings.